The summed E-state index contributed by atoms with van der Waals surface area (Å²) >= 11 is 0. The molecule has 1 amide bonds. The second-order valence-electron chi connectivity index (χ2n) is 8.87. The summed E-state index contributed by atoms with van der Waals surface area (Å²) in [7, 11) is 4.32. The topological polar surface area (TPSA) is 51.3 Å². The standard InChI is InChI=1S/C18H31N5O2.2BrH/c1-20-10-16-7-15(20)11-23(16)14-3-5-22(6-4-14)17(24)25-18-8-13(19-12-18)9-21(18)2;;/h13-16,19H,3-12H2,1-2H3;2*1H. The third-order valence-electron chi connectivity index (χ3n) is 7.45. The van der Waals surface area contributed by atoms with Crippen LogP contribution < -0.4 is 5.32 Å². The highest BCUT2D eigenvalue weighted by molar-refractivity contribution is 8.93. The Hall–Kier alpha value is 0.0700. The second-order valence-corrected chi connectivity index (χ2v) is 8.87. The maximum Gasteiger partial charge on any atom is 0.411 e. The van der Waals surface area contributed by atoms with Crippen molar-refractivity contribution in [1.82, 2.24) is 24.9 Å². The fraction of sp³-hybridized carbons (Fsp3) is 0.944. The zero-order valence-electron chi connectivity index (χ0n) is 16.3. The molecule has 5 aliphatic rings. The summed E-state index contributed by atoms with van der Waals surface area (Å²) in [5.41, 5.74) is -0.405. The van der Waals surface area contributed by atoms with Gasteiger partial charge in [-0.05, 0) is 33.4 Å². The number of likely N-dealkylation sites (N-methyl/N-ethyl adjacent to an activating group) is 2. The molecular weight excluding hydrogens is 478 g/mol. The van der Waals surface area contributed by atoms with E-state index < -0.39 is 5.72 Å². The van der Waals surface area contributed by atoms with Gasteiger partial charge in [0.1, 0.15) is 0 Å². The van der Waals surface area contributed by atoms with Crippen molar-refractivity contribution < 1.29 is 9.53 Å². The van der Waals surface area contributed by atoms with Crippen LogP contribution in [0, 0.1) is 0 Å². The number of piperidine rings is 1. The first kappa shape index (κ1) is 21.8. The van der Waals surface area contributed by atoms with E-state index in [4.69, 9.17) is 4.74 Å². The number of ether oxygens (including phenoxy) is 1. The Morgan fingerprint density at radius 1 is 1.04 bits per heavy atom. The summed E-state index contributed by atoms with van der Waals surface area (Å²) in [6, 6.07) is 2.63. The number of likely N-dealkylation sites (tertiary alicyclic amines) is 4. The van der Waals surface area contributed by atoms with E-state index in [9.17, 15) is 4.79 Å². The highest BCUT2D eigenvalue weighted by Gasteiger charge is 2.53. The molecule has 4 bridgehead atoms. The van der Waals surface area contributed by atoms with Crippen molar-refractivity contribution in [1.29, 1.82) is 0 Å². The van der Waals surface area contributed by atoms with Gasteiger partial charge in [-0.15, -0.1) is 34.0 Å². The van der Waals surface area contributed by atoms with Crippen LogP contribution in [0.2, 0.25) is 0 Å². The largest absolute Gasteiger partial charge is 0.426 e. The minimum Gasteiger partial charge on any atom is -0.426 e. The normalized spacial score (nSPS) is 39.5. The Bertz CT molecular complexity index is 560. The molecule has 4 unspecified atom stereocenters. The van der Waals surface area contributed by atoms with Gasteiger partial charge in [-0.25, -0.2) is 4.79 Å². The lowest BCUT2D eigenvalue weighted by atomic mass is 10.0. The average molecular weight is 511 g/mol. The van der Waals surface area contributed by atoms with E-state index in [-0.39, 0.29) is 40.1 Å². The fourth-order valence-electron chi connectivity index (χ4n) is 5.86. The van der Waals surface area contributed by atoms with Crippen LogP contribution in [0.15, 0.2) is 0 Å². The van der Waals surface area contributed by atoms with Crippen LogP contribution in [0.25, 0.3) is 0 Å². The molecule has 5 heterocycles. The first-order valence-corrected chi connectivity index (χ1v) is 9.93. The van der Waals surface area contributed by atoms with E-state index in [2.05, 4.69) is 34.1 Å². The van der Waals surface area contributed by atoms with Crippen LogP contribution in [0.3, 0.4) is 0 Å². The predicted octanol–water partition coefficient (Wildman–Crippen LogP) is 1.14. The van der Waals surface area contributed by atoms with E-state index in [0.29, 0.717) is 12.1 Å². The van der Waals surface area contributed by atoms with Gasteiger partial charge in [0.2, 0.25) is 0 Å². The number of carbonyl (C=O) groups excluding carboxylic acids is 1. The third-order valence-corrected chi connectivity index (χ3v) is 7.45. The van der Waals surface area contributed by atoms with Crippen LogP contribution in [-0.2, 0) is 4.74 Å². The molecule has 9 heteroatoms. The number of halogens is 2. The third kappa shape index (κ3) is 3.68. The number of nitrogens with zero attached hydrogens (tertiary/aromatic N) is 4. The molecule has 0 radical (unpaired) electrons. The summed E-state index contributed by atoms with van der Waals surface area (Å²) in [6.07, 6.45) is 4.33. The Morgan fingerprint density at radius 2 is 1.78 bits per heavy atom. The van der Waals surface area contributed by atoms with Crippen LogP contribution in [0.1, 0.15) is 25.7 Å². The quantitative estimate of drug-likeness (QED) is 0.601. The molecule has 5 fully saturated rings. The van der Waals surface area contributed by atoms with Gasteiger partial charge < -0.3 is 19.9 Å². The van der Waals surface area contributed by atoms with Gasteiger partial charge in [-0.2, -0.15) is 0 Å². The minimum absolute atomic E-state index is 0. The molecule has 5 rings (SSSR count). The van der Waals surface area contributed by atoms with Gasteiger partial charge in [-0.1, -0.05) is 0 Å². The van der Waals surface area contributed by atoms with E-state index in [0.717, 1.165) is 57.5 Å². The summed E-state index contributed by atoms with van der Waals surface area (Å²) in [5.74, 6) is 0. The number of hydrogen-bond donors (Lipinski definition) is 1. The maximum atomic E-state index is 12.7. The minimum atomic E-state index is -0.405. The highest BCUT2D eigenvalue weighted by atomic mass is 79.9. The summed E-state index contributed by atoms with van der Waals surface area (Å²) in [4.78, 5) is 22.1. The molecule has 1 N–H and O–H groups in total. The van der Waals surface area contributed by atoms with Gasteiger partial charge in [0.15, 0.2) is 5.72 Å². The molecule has 7 nitrogen and oxygen atoms in total. The van der Waals surface area contributed by atoms with Crippen LogP contribution in [0.4, 0.5) is 4.79 Å². The van der Waals surface area contributed by atoms with Gasteiger partial charge in [0.25, 0.3) is 0 Å². The Morgan fingerprint density at radius 3 is 2.30 bits per heavy atom. The lowest BCUT2D eigenvalue weighted by molar-refractivity contribution is -0.0841. The average Bonchev–Trinajstić information content (AvgIpc) is 3.34. The number of carbonyl (C=O) groups is 1. The van der Waals surface area contributed by atoms with Gasteiger partial charge in [0.05, 0.1) is 6.54 Å². The molecule has 5 saturated heterocycles. The number of amides is 1. The van der Waals surface area contributed by atoms with Crippen LogP contribution >= 0.6 is 34.0 Å². The Labute approximate surface area is 183 Å². The van der Waals surface area contributed by atoms with Crippen molar-refractivity contribution in [2.75, 3.05) is 53.4 Å². The first-order chi connectivity index (χ1) is 12.0. The maximum absolute atomic E-state index is 12.7. The lowest BCUT2D eigenvalue weighted by Crippen LogP contribution is -2.56. The van der Waals surface area contributed by atoms with E-state index in [1.54, 1.807) is 0 Å². The molecule has 0 saturated carbocycles. The molecule has 156 valence electrons. The van der Waals surface area contributed by atoms with Crippen LogP contribution in [-0.4, -0.2) is 109 Å². The second kappa shape index (κ2) is 8.07. The molecule has 0 spiro atoms. The molecule has 4 atom stereocenters. The predicted molar refractivity (Wildman–Crippen MR) is 115 cm³/mol. The summed E-state index contributed by atoms with van der Waals surface area (Å²) < 4.78 is 6.00. The Balaban J connectivity index is 0.00000105. The molecule has 27 heavy (non-hydrogen) atoms. The van der Waals surface area contributed by atoms with Crippen molar-refractivity contribution in [3.05, 3.63) is 0 Å². The van der Waals surface area contributed by atoms with Crippen molar-refractivity contribution in [3.8, 4) is 0 Å². The lowest BCUT2D eigenvalue weighted by Gasteiger charge is -2.42. The summed E-state index contributed by atoms with van der Waals surface area (Å²) in [6.45, 7) is 5.85. The number of fused-ring (bicyclic) bond motifs is 4. The zero-order valence-corrected chi connectivity index (χ0v) is 19.7. The summed E-state index contributed by atoms with van der Waals surface area (Å²) in [5, 5.41) is 3.45. The van der Waals surface area contributed by atoms with Crippen LogP contribution in [0.5, 0.6) is 0 Å². The van der Waals surface area contributed by atoms with Gasteiger partial charge >= 0.3 is 6.09 Å². The molecule has 5 aliphatic heterocycles. The Kier molecular flexibility index (Phi) is 6.50. The zero-order chi connectivity index (χ0) is 17.2. The molecule has 0 aromatic rings. The smallest absolute Gasteiger partial charge is 0.411 e. The van der Waals surface area contributed by atoms with E-state index in [1.165, 1.54) is 19.5 Å². The number of piperazine rings is 2. The first-order valence-electron chi connectivity index (χ1n) is 9.93. The van der Waals surface area contributed by atoms with Crippen molar-refractivity contribution >= 4 is 40.1 Å². The fourth-order valence-corrected chi connectivity index (χ4v) is 5.86. The SMILES string of the molecule is Br.Br.CN1CC2CC1CN2C1CCN(C(=O)OC23CNC(CN2C)C3)CC1. The van der Waals surface area contributed by atoms with E-state index >= 15 is 0 Å². The molecule has 0 aliphatic carbocycles. The number of rotatable bonds is 2. The number of hydrogen-bond acceptors (Lipinski definition) is 6. The molecule has 0 aromatic carbocycles. The van der Waals surface area contributed by atoms with Crippen molar-refractivity contribution in [3.63, 3.8) is 0 Å². The van der Waals surface area contributed by atoms with E-state index in [1.807, 2.05) is 4.90 Å². The molecule has 0 aromatic heterocycles. The van der Waals surface area contributed by atoms with Crippen molar-refractivity contribution in [2.45, 2.75) is 55.6 Å². The van der Waals surface area contributed by atoms with Crippen molar-refractivity contribution in [2.24, 2.45) is 0 Å². The highest BCUT2D eigenvalue weighted by Crippen LogP contribution is 2.36. The van der Waals surface area contributed by atoms with Gasteiger partial charge in [-0.3, -0.25) is 9.80 Å². The van der Waals surface area contributed by atoms with Gasteiger partial charge in [0, 0.05) is 63.3 Å². The number of nitrogens with one attached hydrogen (secondary N) is 1. The molecular formula is C18H33Br2N5O2. The monoisotopic (exact) mass is 509 g/mol.